The van der Waals surface area contributed by atoms with Crippen molar-refractivity contribution < 1.29 is 23.1 Å². The van der Waals surface area contributed by atoms with E-state index in [1.54, 1.807) is 19.2 Å². The standard InChI is InChI=1S/C22H23F2N3O3/c1-27-21(25)26-22(30-27)11-20(14-3-2-6-28-12-14)29-19-5-4-13(9-18(19)22)15-7-16(23)10-17(24)8-15/h4-5,7-10,14,20H,2-3,6,11-12H2,1H3,(H2,25,26)/t14-,20+,22-/m0/s1. The summed E-state index contributed by atoms with van der Waals surface area (Å²) in [6.45, 7) is 1.40. The summed E-state index contributed by atoms with van der Waals surface area (Å²) in [5.41, 5.74) is 6.75. The van der Waals surface area contributed by atoms with E-state index < -0.39 is 17.4 Å². The van der Waals surface area contributed by atoms with Gasteiger partial charge in [0.25, 0.3) is 0 Å². The third-order valence-electron chi connectivity index (χ3n) is 5.98. The van der Waals surface area contributed by atoms with E-state index in [9.17, 15) is 8.78 Å². The first-order valence-corrected chi connectivity index (χ1v) is 10.1. The molecule has 2 aromatic rings. The number of rotatable bonds is 2. The molecule has 5 rings (SSSR count). The van der Waals surface area contributed by atoms with Gasteiger partial charge in [-0.15, -0.1) is 0 Å². The van der Waals surface area contributed by atoms with Gasteiger partial charge in [-0.05, 0) is 48.2 Å². The molecule has 3 aliphatic rings. The van der Waals surface area contributed by atoms with Gasteiger partial charge >= 0.3 is 0 Å². The minimum absolute atomic E-state index is 0.140. The van der Waals surface area contributed by atoms with Crippen molar-refractivity contribution in [2.45, 2.75) is 31.1 Å². The smallest absolute Gasteiger partial charge is 0.221 e. The summed E-state index contributed by atoms with van der Waals surface area (Å²) in [4.78, 5) is 10.8. The van der Waals surface area contributed by atoms with E-state index in [0.29, 0.717) is 35.5 Å². The third-order valence-corrected chi connectivity index (χ3v) is 5.98. The van der Waals surface area contributed by atoms with Gasteiger partial charge in [0.05, 0.1) is 12.2 Å². The van der Waals surface area contributed by atoms with Crippen LogP contribution in [0.5, 0.6) is 5.75 Å². The minimum atomic E-state index is -1.05. The molecule has 1 spiro atoms. The third kappa shape index (κ3) is 3.30. The van der Waals surface area contributed by atoms with Gasteiger partial charge in [-0.25, -0.2) is 23.7 Å². The van der Waals surface area contributed by atoms with Crippen LogP contribution in [0.3, 0.4) is 0 Å². The highest BCUT2D eigenvalue weighted by atomic mass is 19.1. The minimum Gasteiger partial charge on any atom is -0.489 e. The molecule has 1 saturated heterocycles. The number of ether oxygens (including phenoxy) is 2. The van der Waals surface area contributed by atoms with Gasteiger partial charge in [-0.3, -0.25) is 0 Å². The van der Waals surface area contributed by atoms with Gasteiger partial charge in [0.1, 0.15) is 23.5 Å². The average molecular weight is 415 g/mol. The first-order valence-electron chi connectivity index (χ1n) is 10.1. The van der Waals surface area contributed by atoms with E-state index in [1.807, 2.05) is 6.07 Å². The predicted octanol–water partition coefficient (Wildman–Crippen LogP) is 3.55. The molecular formula is C22H23F2N3O3. The fourth-order valence-electron chi connectivity index (χ4n) is 4.49. The largest absolute Gasteiger partial charge is 0.489 e. The van der Waals surface area contributed by atoms with Crippen molar-refractivity contribution >= 4 is 5.96 Å². The molecule has 30 heavy (non-hydrogen) atoms. The van der Waals surface area contributed by atoms with Crippen LogP contribution in [-0.2, 0) is 15.3 Å². The summed E-state index contributed by atoms with van der Waals surface area (Å²) in [6.07, 6.45) is 2.32. The number of halogens is 2. The molecule has 0 radical (unpaired) electrons. The SMILES string of the molecule is CN1O[C@]2(C[C@H]([C@H]3CCCOC3)Oc3ccc(-c4cc(F)cc(F)c4)cc32)N=C1N. The number of aliphatic imine (C=N–C) groups is 1. The predicted molar refractivity (Wildman–Crippen MR) is 107 cm³/mol. The molecule has 158 valence electrons. The van der Waals surface area contributed by atoms with Crippen LogP contribution in [0.4, 0.5) is 8.78 Å². The van der Waals surface area contributed by atoms with Crippen LogP contribution in [0.1, 0.15) is 24.8 Å². The normalized spacial score (nSPS) is 28.2. The van der Waals surface area contributed by atoms with Crippen LogP contribution < -0.4 is 10.5 Å². The van der Waals surface area contributed by atoms with Crippen molar-refractivity contribution in [3.05, 3.63) is 53.6 Å². The lowest BCUT2D eigenvalue weighted by Crippen LogP contribution is -2.44. The van der Waals surface area contributed by atoms with Crippen LogP contribution in [0.2, 0.25) is 0 Å². The summed E-state index contributed by atoms with van der Waals surface area (Å²) in [6, 6.07) is 8.84. The topological polar surface area (TPSA) is 69.3 Å². The quantitative estimate of drug-likeness (QED) is 0.812. The second kappa shape index (κ2) is 7.21. The lowest BCUT2D eigenvalue weighted by atomic mass is 9.84. The molecule has 2 aromatic carbocycles. The summed E-state index contributed by atoms with van der Waals surface area (Å²) in [7, 11) is 1.70. The van der Waals surface area contributed by atoms with Crippen LogP contribution in [-0.4, -0.2) is 37.4 Å². The Morgan fingerprint density at radius 1 is 1.13 bits per heavy atom. The molecule has 8 heteroatoms. The Labute approximate surface area is 173 Å². The van der Waals surface area contributed by atoms with Crippen LogP contribution >= 0.6 is 0 Å². The number of guanidine groups is 1. The van der Waals surface area contributed by atoms with Crippen molar-refractivity contribution in [1.29, 1.82) is 0 Å². The average Bonchev–Trinajstić information content (AvgIpc) is 3.01. The highest BCUT2D eigenvalue weighted by Crippen LogP contribution is 2.48. The number of hydrogen-bond donors (Lipinski definition) is 1. The lowest BCUT2D eigenvalue weighted by molar-refractivity contribution is -0.196. The van der Waals surface area contributed by atoms with Crippen molar-refractivity contribution in [2.75, 3.05) is 20.3 Å². The van der Waals surface area contributed by atoms with Crippen LogP contribution in [0.15, 0.2) is 41.4 Å². The second-order valence-electron chi connectivity index (χ2n) is 8.05. The number of benzene rings is 2. The molecule has 6 nitrogen and oxygen atoms in total. The summed E-state index contributed by atoms with van der Waals surface area (Å²) in [5, 5.41) is 1.44. The molecule has 0 saturated carbocycles. The summed E-state index contributed by atoms with van der Waals surface area (Å²) in [5.74, 6) is -0.144. The number of fused-ring (bicyclic) bond motifs is 2. The molecule has 0 unspecified atom stereocenters. The van der Waals surface area contributed by atoms with Gasteiger partial charge in [-0.2, -0.15) is 0 Å². The van der Waals surface area contributed by atoms with E-state index in [-0.39, 0.29) is 18.0 Å². The number of hydroxylamine groups is 2. The van der Waals surface area contributed by atoms with Crippen molar-refractivity contribution in [1.82, 2.24) is 5.06 Å². The Kier molecular flexibility index (Phi) is 4.63. The number of nitrogens with two attached hydrogens (primary N) is 1. The molecule has 2 N–H and O–H groups in total. The van der Waals surface area contributed by atoms with Gasteiger partial charge in [-0.1, -0.05) is 6.07 Å². The van der Waals surface area contributed by atoms with E-state index >= 15 is 0 Å². The highest BCUT2D eigenvalue weighted by Gasteiger charge is 2.50. The number of nitrogens with zero attached hydrogens (tertiary/aromatic N) is 2. The van der Waals surface area contributed by atoms with Crippen molar-refractivity contribution in [3.8, 4) is 16.9 Å². The van der Waals surface area contributed by atoms with Gasteiger partial charge in [0.2, 0.25) is 11.7 Å². The summed E-state index contributed by atoms with van der Waals surface area (Å²) >= 11 is 0. The molecule has 0 aromatic heterocycles. The Bertz CT molecular complexity index is 989. The molecule has 0 amide bonds. The maximum absolute atomic E-state index is 13.8. The molecule has 0 bridgehead atoms. The van der Waals surface area contributed by atoms with E-state index in [0.717, 1.165) is 25.5 Å². The fraction of sp³-hybridized carbons (Fsp3) is 0.409. The van der Waals surface area contributed by atoms with Crippen LogP contribution in [0.25, 0.3) is 11.1 Å². The molecule has 3 heterocycles. The van der Waals surface area contributed by atoms with Gasteiger partial charge in [0.15, 0.2) is 0 Å². The maximum atomic E-state index is 13.8. The van der Waals surface area contributed by atoms with Crippen LogP contribution in [0, 0.1) is 17.6 Å². The maximum Gasteiger partial charge on any atom is 0.221 e. The zero-order valence-electron chi connectivity index (χ0n) is 16.6. The van der Waals surface area contributed by atoms with E-state index in [4.69, 9.17) is 20.0 Å². The second-order valence-corrected chi connectivity index (χ2v) is 8.05. The summed E-state index contributed by atoms with van der Waals surface area (Å²) < 4.78 is 39.5. The van der Waals surface area contributed by atoms with E-state index in [2.05, 4.69) is 4.99 Å². The number of hydrogen-bond acceptors (Lipinski definition) is 6. The highest BCUT2D eigenvalue weighted by molar-refractivity contribution is 5.79. The van der Waals surface area contributed by atoms with Gasteiger partial charge < -0.3 is 15.2 Å². The lowest BCUT2D eigenvalue weighted by Gasteiger charge is -2.41. The Balaban J connectivity index is 1.58. The molecule has 1 fully saturated rings. The molecule has 3 atom stereocenters. The Hall–Kier alpha value is -2.71. The Morgan fingerprint density at radius 2 is 1.93 bits per heavy atom. The molecule has 3 aliphatic heterocycles. The van der Waals surface area contributed by atoms with E-state index in [1.165, 1.54) is 17.2 Å². The monoisotopic (exact) mass is 415 g/mol. The zero-order chi connectivity index (χ0) is 20.9. The first kappa shape index (κ1) is 19.3. The van der Waals surface area contributed by atoms with Gasteiger partial charge in [0, 0.05) is 32.1 Å². The Morgan fingerprint density at radius 3 is 2.60 bits per heavy atom. The first-order chi connectivity index (χ1) is 14.4. The van der Waals surface area contributed by atoms with Crippen molar-refractivity contribution in [3.63, 3.8) is 0 Å². The fourth-order valence-corrected chi connectivity index (χ4v) is 4.49. The zero-order valence-corrected chi connectivity index (χ0v) is 16.6. The molecular weight excluding hydrogens is 392 g/mol. The van der Waals surface area contributed by atoms with Crippen molar-refractivity contribution in [2.24, 2.45) is 16.6 Å². The molecule has 0 aliphatic carbocycles.